The van der Waals surface area contributed by atoms with E-state index >= 15 is 0 Å². The van der Waals surface area contributed by atoms with Crippen LogP contribution in [0.3, 0.4) is 0 Å². The monoisotopic (exact) mass is 315 g/mol. The fraction of sp³-hybridized carbons (Fsp3) is 0.176. The van der Waals surface area contributed by atoms with Crippen molar-refractivity contribution in [1.29, 1.82) is 0 Å². The van der Waals surface area contributed by atoms with Gasteiger partial charge in [0.25, 0.3) is 0 Å². The number of benzene rings is 2. The minimum Gasteiger partial charge on any atom is -0.448 e. The number of rotatable bonds is 4. The highest BCUT2D eigenvalue weighted by atomic mass is 35.5. The minimum absolute atomic E-state index is 0.0161. The maximum Gasteiger partial charge on any atom is 0.424 e. The largest absolute Gasteiger partial charge is 0.448 e. The van der Waals surface area contributed by atoms with Crippen molar-refractivity contribution >= 4 is 24.2 Å². The molecule has 0 N–H and O–H groups in total. The molecular formula is C17H14ClNO3. The summed E-state index contributed by atoms with van der Waals surface area (Å²) >= 11 is 5.64. The van der Waals surface area contributed by atoms with Gasteiger partial charge < -0.3 is 9.53 Å². The van der Waals surface area contributed by atoms with E-state index in [4.69, 9.17) is 16.5 Å². The van der Waals surface area contributed by atoms with E-state index in [1.165, 1.54) is 0 Å². The third kappa shape index (κ3) is 2.57. The van der Waals surface area contributed by atoms with Gasteiger partial charge in [-0.15, -0.1) is 0 Å². The van der Waals surface area contributed by atoms with Crippen molar-refractivity contribution in [2.24, 2.45) is 0 Å². The molecule has 0 radical (unpaired) electrons. The number of aldehydes is 1. The summed E-state index contributed by atoms with van der Waals surface area (Å²) in [5.41, 5.74) is 4.59. The van der Waals surface area contributed by atoms with Crippen LogP contribution in [-0.4, -0.2) is 30.0 Å². The van der Waals surface area contributed by atoms with Crippen LogP contribution in [0.5, 0.6) is 0 Å². The Labute approximate surface area is 133 Å². The molecule has 4 nitrogen and oxygen atoms in total. The second kappa shape index (κ2) is 6.20. The van der Waals surface area contributed by atoms with Gasteiger partial charge in [0.1, 0.15) is 12.9 Å². The Kier molecular flexibility index (Phi) is 4.11. The van der Waals surface area contributed by atoms with Crippen molar-refractivity contribution in [2.75, 3.05) is 13.2 Å². The van der Waals surface area contributed by atoms with E-state index in [0.29, 0.717) is 6.29 Å². The van der Waals surface area contributed by atoms with Crippen LogP contribution in [0, 0.1) is 0 Å². The van der Waals surface area contributed by atoms with Crippen molar-refractivity contribution in [2.45, 2.75) is 5.92 Å². The third-order valence-corrected chi connectivity index (χ3v) is 4.05. The number of hydrogen-bond acceptors (Lipinski definition) is 3. The summed E-state index contributed by atoms with van der Waals surface area (Å²) in [5, 5.41) is 0. The van der Waals surface area contributed by atoms with E-state index in [1.54, 1.807) is 0 Å². The first-order valence-corrected chi connectivity index (χ1v) is 7.28. The Morgan fingerprint density at radius 2 is 1.64 bits per heavy atom. The molecule has 0 spiro atoms. The van der Waals surface area contributed by atoms with Gasteiger partial charge in [0.2, 0.25) is 0 Å². The molecule has 0 fully saturated rings. The van der Waals surface area contributed by atoms with Crippen LogP contribution in [-0.2, 0) is 9.53 Å². The summed E-state index contributed by atoms with van der Waals surface area (Å²) in [6.45, 7) is -0.00678. The van der Waals surface area contributed by atoms with Gasteiger partial charge in [-0.05, 0) is 22.3 Å². The molecule has 1 amide bonds. The predicted molar refractivity (Wildman–Crippen MR) is 83.7 cm³/mol. The van der Waals surface area contributed by atoms with E-state index in [2.05, 4.69) is 12.1 Å². The van der Waals surface area contributed by atoms with Gasteiger partial charge in [0, 0.05) is 17.7 Å². The Morgan fingerprint density at radius 1 is 1.09 bits per heavy atom. The van der Waals surface area contributed by atoms with Crippen molar-refractivity contribution < 1.29 is 14.3 Å². The lowest BCUT2D eigenvalue weighted by atomic mass is 9.98. The van der Waals surface area contributed by atoms with Crippen LogP contribution in [0.15, 0.2) is 48.5 Å². The van der Waals surface area contributed by atoms with E-state index in [1.807, 2.05) is 36.4 Å². The van der Waals surface area contributed by atoms with Crippen LogP contribution in [0.25, 0.3) is 11.1 Å². The fourth-order valence-corrected chi connectivity index (χ4v) is 2.91. The maximum atomic E-state index is 11.7. The molecule has 0 unspecified atom stereocenters. The lowest BCUT2D eigenvalue weighted by Gasteiger charge is -2.16. The SMILES string of the molecule is O=CCN(Cl)C(=O)OCC1c2ccccc2-c2ccccc21. The first kappa shape index (κ1) is 14.6. The zero-order valence-electron chi connectivity index (χ0n) is 11.7. The summed E-state index contributed by atoms with van der Waals surface area (Å²) in [4.78, 5) is 22.1. The highest BCUT2D eigenvalue weighted by molar-refractivity contribution is 6.20. The van der Waals surface area contributed by atoms with Crippen LogP contribution in [0.2, 0.25) is 0 Å². The average Bonchev–Trinajstić information content (AvgIpc) is 2.87. The summed E-state index contributed by atoms with van der Waals surface area (Å²) < 4.78 is 5.99. The van der Waals surface area contributed by atoms with Gasteiger partial charge in [0.05, 0.1) is 6.54 Å². The molecule has 3 rings (SSSR count). The molecule has 0 saturated heterocycles. The molecule has 0 aliphatic heterocycles. The van der Waals surface area contributed by atoms with Crippen LogP contribution in [0.1, 0.15) is 17.0 Å². The second-order valence-electron chi connectivity index (χ2n) is 5.02. The van der Waals surface area contributed by atoms with Crippen molar-refractivity contribution in [3.63, 3.8) is 0 Å². The van der Waals surface area contributed by atoms with E-state index < -0.39 is 6.09 Å². The number of amides is 1. The quantitative estimate of drug-likeness (QED) is 0.640. The predicted octanol–water partition coefficient (Wildman–Crippen LogP) is 3.59. The number of ether oxygens (including phenoxy) is 1. The molecule has 0 atom stereocenters. The highest BCUT2D eigenvalue weighted by Gasteiger charge is 2.29. The molecule has 0 heterocycles. The number of nitrogens with zero attached hydrogens (tertiary/aromatic N) is 1. The van der Waals surface area contributed by atoms with Crippen LogP contribution in [0.4, 0.5) is 4.79 Å². The van der Waals surface area contributed by atoms with Gasteiger partial charge in [-0.2, -0.15) is 0 Å². The lowest BCUT2D eigenvalue weighted by Crippen LogP contribution is -2.26. The number of fused-ring (bicyclic) bond motifs is 3. The Morgan fingerprint density at radius 3 is 2.18 bits per heavy atom. The Bertz CT molecular complexity index is 671. The molecule has 2 aromatic rings. The molecule has 2 aromatic carbocycles. The summed E-state index contributed by atoms with van der Waals surface area (Å²) in [6.07, 6.45) is -0.162. The van der Waals surface area contributed by atoms with Crippen molar-refractivity contribution in [3.8, 4) is 11.1 Å². The Hall–Kier alpha value is -2.33. The maximum absolute atomic E-state index is 11.7. The third-order valence-electron chi connectivity index (χ3n) is 3.77. The highest BCUT2D eigenvalue weighted by Crippen LogP contribution is 2.44. The van der Waals surface area contributed by atoms with E-state index in [9.17, 15) is 9.59 Å². The summed E-state index contributed by atoms with van der Waals surface area (Å²) in [5.74, 6) is -0.0161. The lowest BCUT2D eigenvalue weighted by molar-refractivity contribution is -0.107. The standard InChI is InChI=1S/C17H14ClNO3/c18-19(9-10-20)17(21)22-11-16-14-7-3-1-5-12(14)13-6-2-4-8-15(13)16/h1-8,10,16H,9,11H2. The van der Waals surface area contributed by atoms with Gasteiger partial charge in [-0.1, -0.05) is 48.5 Å². The topological polar surface area (TPSA) is 46.6 Å². The zero-order valence-corrected chi connectivity index (χ0v) is 12.5. The molecule has 0 aromatic heterocycles. The molecule has 112 valence electrons. The smallest absolute Gasteiger partial charge is 0.424 e. The average molecular weight is 316 g/mol. The molecule has 1 aliphatic carbocycles. The van der Waals surface area contributed by atoms with Crippen LogP contribution >= 0.6 is 11.8 Å². The van der Waals surface area contributed by atoms with Crippen LogP contribution < -0.4 is 0 Å². The van der Waals surface area contributed by atoms with Crippen molar-refractivity contribution in [1.82, 2.24) is 4.42 Å². The van der Waals surface area contributed by atoms with Gasteiger partial charge in [0.15, 0.2) is 0 Å². The molecule has 0 bridgehead atoms. The summed E-state index contributed by atoms with van der Waals surface area (Å²) in [7, 11) is 0. The number of halogens is 1. The normalized spacial score (nSPS) is 12.4. The number of carbonyl (C=O) groups is 2. The molecule has 5 heteroatoms. The fourth-order valence-electron chi connectivity index (χ4n) is 2.80. The van der Waals surface area contributed by atoms with E-state index in [0.717, 1.165) is 26.7 Å². The first-order valence-electron chi connectivity index (χ1n) is 6.94. The second-order valence-corrected chi connectivity index (χ2v) is 5.42. The summed E-state index contributed by atoms with van der Waals surface area (Å²) in [6, 6.07) is 16.1. The zero-order chi connectivity index (χ0) is 15.5. The Balaban J connectivity index is 1.82. The van der Waals surface area contributed by atoms with Crippen molar-refractivity contribution in [3.05, 3.63) is 59.7 Å². The molecule has 1 aliphatic rings. The van der Waals surface area contributed by atoms with Gasteiger partial charge in [-0.25, -0.2) is 9.21 Å². The molecule has 0 saturated carbocycles. The number of hydrogen-bond donors (Lipinski definition) is 0. The molecule has 22 heavy (non-hydrogen) atoms. The van der Waals surface area contributed by atoms with Gasteiger partial charge in [-0.3, -0.25) is 0 Å². The number of carbonyl (C=O) groups excluding carboxylic acids is 2. The van der Waals surface area contributed by atoms with Gasteiger partial charge >= 0.3 is 6.09 Å². The minimum atomic E-state index is -0.712. The van der Waals surface area contributed by atoms with E-state index in [-0.39, 0.29) is 19.1 Å². The molecular weight excluding hydrogens is 302 g/mol. The first-order chi connectivity index (χ1) is 10.7.